The Labute approximate surface area is 122 Å². The zero-order valence-electron chi connectivity index (χ0n) is 10.1. The SMILES string of the molecule is NC(=NO)c1cnc(Sc2nc3ccccc3s2)cn1. The predicted octanol–water partition coefficient (Wildman–Crippen LogP) is 2.33. The minimum atomic E-state index is -0.0611. The Bertz CT molecular complexity index is 736. The summed E-state index contributed by atoms with van der Waals surface area (Å²) in [6.07, 6.45) is 3.04. The van der Waals surface area contributed by atoms with Gasteiger partial charge in [0.1, 0.15) is 10.7 Å². The van der Waals surface area contributed by atoms with Crippen molar-refractivity contribution in [1.29, 1.82) is 0 Å². The number of rotatable bonds is 3. The number of oxime groups is 1. The topological polar surface area (TPSA) is 97.3 Å². The molecule has 0 saturated carbocycles. The van der Waals surface area contributed by atoms with Crippen LogP contribution in [-0.2, 0) is 0 Å². The second kappa shape index (κ2) is 5.43. The molecule has 0 spiro atoms. The molecule has 0 aliphatic heterocycles. The number of hydrogen-bond donors (Lipinski definition) is 2. The third-order valence-corrected chi connectivity index (χ3v) is 4.48. The van der Waals surface area contributed by atoms with Gasteiger partial charge >= 0.3 is 0 Å². The summed E-state index contributed by atoms with van der Waals surface area (Å²) in [5.41, 5.74) is 6.74. The molecule has 6 nitrogen and oxygen atoms in total. The van der Waals surface area contributed by atoms with Gasteiger partial charge in [-0.25, -0.2) is 15.0 Å². The Hall–Kier alpha value is -2.19. The highest BCUT2D eigenvalue weighted by Crippen LogP contribution is 2.32. The summed E-state index contributed by atoms with van der Waals surface area (Å²) in [7, 11) is 0. The first-order valence-electron chi connectivity index (χ1n) is 5.59. The molecule has 0 bridgehead atoms. The highest BCUT2D eigenvalue weighted by Gasteiger charge is 2.07. The first kappa shape index (κ1) is 12.8. The fraction of sp³-hybridized carbons (Fsp3) is 0. The van der Waals surface area contributed by atoms with E-state index >= 15 is 0 Å². The van der Waals surface area contributed by atoms with Crippen LogP contribution >= 0.6 is 23.1 Å². The second-order valence-electron chi connectivity index (χ2n) is 3.77. The van der Waals surface area contributed by atoms with Crippen molar-refractivity contribution in [2.45, 2.75) is 9.37 Å². The van der Waals surface area contributed by atoms with E-state index in [9.17, 15) is 0 Å². The van der Waals surface area contributed by atoms with Gasteiger partial charge in [-0.05, 0) is 23.9 Å². The number of thiazole rings is 1. The third-order valence-electron chi connectivity index (χ3n) is 2.46. The van der Waals surface area contributed by atoms with Crippen LogP contribution in [0, 0.1) is 0 Å². The Morgan fingerprint density at radius 3 is 2.80 bits per heavy atom. The number of nitrogens with zero attached hydrogens (tertiary/aromatic N) is 4. The van der Waals surface area contributed by atoms with Crippen LogP contribution in [0.2, 0.25) is 0 Å². The van der Waals surface area contributed by atoms with Crippen LogP contribution in [-0.4, -0.2) is 26.0 Å². The summed E-state index contributed by atoms with van der Waals surface area (Å²) in [5, 5.41) is 12.1. The maximum absolute atomic E-state index is 8.55. The van der Waals surface area contributed by atoms with Crippen LogP contribution in [0.4, 0.5) is 0 Å². The first-order chi connectivity index (χ1) is 9.76. The Kier molecular flexibility index (Phi) is 3.48. The van der Waals surface area contributed by atoms with Crippen molar-refractivity contribution in [2.75, 3.05) is 0 Å². The lowest BCUT2D eigenvalue weighted by atomic mass is 10.3. The molecule has 2 aromatic heterocycles. The Morgan fingerprint density at radius 2 is 2.10 bits per heavy atom. The van der Waals surface area contributed by atoms with Crippen LogP contribution in [0.25, 0.3) is 10.2 Å². The second-order valence-corrected chi connectivity index (χ2v) is 6.07. The molecule has 0 fully saturated rings. The van der Waals surface area contributed by atoms with Gasteiger partial charge in [0.2, 0.25) is 0 Å². The predicted molar refractivity (Wildman–Crippen MR) is 78.3 cm³/mol. The lowest BCUT2D eigenvalue weighted by Crippen LogP contribution is -2.15. The average Bonchev–Trinajstić information content (AvgIpc) is 2.89. The molecule has 0 amide bonds. The van der Waals surface area contributed by atoms with E-state index in [1.165, 1.54) is 18.0 Å². The minimum Gasteiger partial charge on any atom is -0.409 e. The number of hydrogen-bond acceptors (Lipinski definition) is 7. The van der Waals surface area contributed by atoms with Crippen molar-refractivity contribution in [3.05, 3.63) is 42.4 Å². The monoisotopic (exact) mass is 303 g/mol. The van der Waals surface area contributed by atoms with E-state index in [4.69, 9.17) is 10.9 Å². The molecular formula is C12H9N5OS2. The number of fused-ring (bicyclic) bond motifs is 1. The molecule has 0 unspecified atom stereocenters. The Morgan fingerprint density at radius 1 is 1.25 bits per heavy atom. The molecule has 100 valence electrons. The van der Waals surface area contributed by atoms with Crippen LogP contribution in [0.5, 0.6) is 0 Å². The van der Waals surface area contributed by atoms with Crippen molar-refractivity contribution in [2.24, 2.45) is 10.9 Å². The van der Waals surface area contributed by atoms with Gasteiger partial charge in [-0.3, -0.25) is 0 Å². The maximum Gasteiger partial charge on any atom is 0.190 e. The summed E-state index contributed by atoms with van der Waals surface area (Å²) in [6.45, 7) is 0. The van der Waals surface area contributed by atoms with E-state index in [0.29, 0.717) is 10.7 Å². The molecule has 0 aliphatic carbocycles. The quantitative estimate of drug-likeness (QED) is 0.333. The van der Waals surface area contributed by atoms with E-state index < -0.39 is 0 Å². The van der Waals surface area contributed by atoms with Gasteiger partial charge in [0.25, 0.3) is 0 Å². The number of para-hydroxylation sites is 1. The Balaban J connectivity index is 1.83. The van der Waals surface area contributed by atoms with Gasteiger partial charge in [0.05, 0.1) is 22.6 Å². The van der Waals surface area contributed by atoms with Gasteiger partial charge in [0, 0.05) is 0 Å². The molecule has 1 aromatic carbocycles. The molecule has 3 rings (SSSR count). The van der Waals surface area contributed by atoms with Gasteiger partial charge in [0.15, 0.2) is 10.2 Å². The maximum atomic E-state index is 8.55. The number of amidine groups is 1. The standard InChI is InChI=1S/C12H9N5OS2/c13-11(17-18)8-5-15-10(6-14-8)20-12-16-7-3-1-2-4-9(7)19-12/h1-6,18H,(H2,13,17). The molecule has 3 aromatic rings. The first-order valence-corrected chi connectivity index (χ1v) is 7.23. The van der Waals surface area contributed by atoms with E-state index in [0.717, 1.165) is 14.6 Å². The lowest BCUT2D eigenvalue weighted by molar-refractivity contribution is 0.318. The molecule has 0 saturated heterocycles. The van der Waals surface area contributed by atoms with Crippen molar-refractivity contribution in [3.8, 4) is 0 Å². The molecule has 3 N–H and O–H groups in total. The van der Waals surface area contributed by atoms with Gasteiger partial charge in [-0.2, -0.15) is 0 Å². The van der Waals surface area contributed by atoms with E-state index in [2.05, 4.69) is 20.1 Å². The van der Waals surface area contributed by atoms with Crippen LogP contribution in [0.1, 0.15) is 5.69 Å². The zero-order valence-corrected chi connectivity index (χ0v) is 11.7. The lowest BCUT2D eigenvalue weighted by Gasteiger charge is -1.98. The van der Waals surface area contributed by atoms with Gasteiger partial charge < -0.3 is 10.9 Å². The number of nitrogens with two attached hydrogens (primary N) is 1. The molecule has 0 aliphatic rings. The van der Waals surface area contributed by atoms with Crippen molar-refractivity contribution in [1.82, 2.24) is 15.0 Å². The van der Waals surface area contributed by atoms with E-state index in [-0.39, 0.29) is 5.84 Å². The molecular weight excluding hydrogens is 294 g/mol. The number of aromatic nitrogens is 3. The fourth-order valence-electron chi connectivity index (χ4n) is 1.54. The highest BCUT2D eigenvalue weighted by molar-refractivity contribution is 8.01. The third kappa shape index (κ3) is 2.56. The minimum absolute atomic E-state index is 0.0611. The van der Waals surface area contributed by atoms with Crippen LogP contribution in [0.15, 0.2) is 51.2 Å². The largest absolute Gasteiger partial charge is 0.409 e. The summed E-state index contributed by atoms with van der Waals surface area (Å²) < 4.78 is 2.04. The van der Waals surface area contributed by atoms with Crippen LogP contribution < -0.4 is 5.73 Å². The summed E-state index contributed by atoms with van der Waals surface area (Å²) in [5.74, 6) is -0.0611. The average molecular weight is 303 g/mol. The molecule has 20 heavy (non-hydrogen) atoms. The van der Waals surface area contributed by atoms with Gasteiger partial charge in [-0.1, -0.05) is 17.3 Å². The van der Waals surface area contributed by atoms with Crippen molar-refractivity contribution < 1.29 is 5.21 Å². The smallest absolute Gasteiger partial charge is 0.190 e. The van der Waals surface area contributed by atoms with Crippen LogP contribution in [0.3, 0.4) is 0 Å². The van der Waals surface area contributed by atoms with E-state index in [1.54, 1.807) is 17.5 Å². The van der Waals surface area contributed by atoms with Gasteiger partial charge in [-0.15, -0.1) is 11.3 Å². The molecule has 0 atom stereocenters. The van der Waals surface area contributed by atoms with Crippen molar-refractivity contribution in [3.63, 3.8) is 0 Å². The summed E-state index contributed by atoms with van der Waals surface area (Å²) in [6, 6.07) is 7.95. The zero-order chi connectivity index (χ0) is 13.9. The molecule has 8 heteroatoms. The summed E-state index contributed by atoms with van der Waals surface area (Å²) >= 11 is 3.03. The normalized spacial score (nSPS) is 11.9. The molecule has 2 heterocycles. The summed E-state index contributed by atoms with van der Waals surface area (Å²) in [4.78, 5) is 12.8. The highest BCUT2D eigenvalue weighted by atomic mass is 32.2. The fourth-order valence-corrected chi connectivity index (χ4v) is 3.46. The molecule has 0 radical (unpaired) electrons. The number of benzene rings is 1. The van der Waals surface area contributed by atoms with E-state index in [1.807, 2.05) is 24.3 Å². The van der Waals surface area contributed by atoms with Crippen molar-refractivity contribution >= 4 is 39.2 Å².